The molecular formula is C14H29NO. The fraction of sp³-hybridized carbons (Fsp3) is 1.00. The topological polar surface area (TPSA) is 12.5 Å². The number of nitrogens with zero attached hydrogens (tertiary/aromatic N) is 1. The van der Waals surface area contributed by atoms with Crippen molar-refractivity contribution in [1.29, 1.82) is 0 Å². The third-order valence-corrected chi connectivity index (χ3v) is 3.46. The van der Waals surface area contributed by atoms with E-state index in [2.05, 4.69) is 32.6 Å². The second kappa shape index (κ2) is 6.61. The van der Waals surface area contributed by atoms with E-state index in [0.29, 0.717) is 0 Å². The summed E-state index contributed by atoms with van der Waals surface area (Å²) in [5.74, 6) is 0.902. The van der Waals surface area contributed by atoms with E-state index in [1.807, 2.05) is 0 Å². The van der Waals surface area contributed by atoms with Crippen molar-refractivity contribution in [3.63, 3.8) is 0 Å². The van der Waals surface area contributed by atoms with Crippen LogP contribution in [0.3, 0.4) is 0 Å². The molecule has 1 saturated heterocycles. The summed E-state index contributed by atoms with van der Waals surface area (Å²) in [6.07, 6.45) is 5.43. The van der Waals surface area contributed by atoms with E-state index in [4.69, 9.17) is 4.74 Å². The zero-order valence-electron chi connectivity index (χ0n) is 11.6. The highest BCUT2D eigenvalue weighted by Gasteiger charge is 2.26. The van der Waals surface area contributed by atoms with Crippen molar-refractivity contribution in [1.82, 2.24) is 4.90 Å². The monoisotopic (exact) mass is 227 g/mol. The smallest absolute Gasteiger partial charge is 0.0753 e. The zero-order valence-corrected chi connectivity index (χ0v) is 11.6. The molecule has 16 heavy (non-hydrogen) atoms. The minimum atomic E-state index is 0.0628. The van der Waals surface area contributed by atoms with Gasteiger partial charge in [0.25, 0.3) is 0 Å². The molecule has 1 aliphatic heterocycles. The third kappa shape index (κ3) is 5.31. The molecule has 0 amide bonds. The van der Waals surface area contributed by atoms with Crippen LogP contribution >= 0.6 is 0 Å². The number of hydrogen-bond donors (Lipinski definition) is 0. The lowest BCUT2D eigenvalue weighted by Crippen LogP contribution is -2.48. The third-order valence-electron chi connectivity index (χ3n) is 3.46. The van der Waals surface area contributed by atoms with Crippen molar-refractivity contribution in [2.75, 3.05) is 26.2 Å². The fourth-order valence-corrected chi connectivity index (χ4v) is 2.61. The summed E-state index contributed by atoms with van der Waals surface area (Å²) >= 11 is 0. The van der Waals surface area contributed by atoms with Gasteiger partial charge in [0.15, 0.2) is 0 Å². The van der Waals surface area contributed by atoms with Crippen LogP contribution in [0.15, 0.2) is 0 Å². The van der Waals surface area contributed by atoms with Crippen molar-refractivity contribution < 1.29 is 4.74 Å². The second-order valence-corrected chi connectivity index (χ2v) is 5.92. The molecule has 0 aromatic heterocycles. The summed E-state index contributed by atoms with van der Waals surface area (Å²) in [7, 11) is 0. The first-order valence-corrected chi connectivity index (χ1v) is 6.90. The van der Waals surface area contributed by atoms with Gasteiger partial charge in [-0.05, 0) is 39.2 Å². The first-order valence-electron chi connectivity index (χ1n) is 6.90. The summed E-state index contributed by atoms with van der Waals surface area (Å²) in [5.41, 5.74) is 0.0628. The highest BCUT2D eigenvalue weighted by atomic mass is 16.5. The van der Waals surface area contributed by atoms with Gasteiger partial charge in [-0.15, -0.1) is 0 Å². The molecule has 1 rings (SSSR count). The van der Waals surface area contributed by atoms with Gasteiger partial charge in [-0.2, -0.15) is 0 Å². The Balaban J connectivity index is 2.13. The fourth-order valence-electron chi connectivity index (χ4n) is 2.61. The minimum absolute atomic E-state index is 0.0628. The molecule has 0 bridgehead atoms. The highest BCUT2D eigenvalue weighted by Crippen LogP contribution is 2.18. The standard InChI is InChI=1S/C14H29NO/c1-5-7-13(2)8-6-9-15-10-11-16-14(3,4)12-15/h13H,5-12H2,1-4H3. The molecule has 0 aromatic carbocycles. The molecule has 0 aliphatic carbocycles. The maximum Gasteiger partial charge on any atom is 0.0753 e. The lowest BCUT2D eigenvalue weighted by Gasteiger charge is -2.38. The first kappa shape index (κ1) is 14.0. The Morgan fingerprint density at radius 3 is 2.69 bits per heavy atom. The molecule has 1 heterocycles. The Morgan fingerprint density at radius 2 is 2.06 bits per heavy atom. The quantitative estimate of drug-likeness (QED) is 0.690. The molecule has 0 aromatic rings. The Kier molecular flexibility index (Phi) is 5.77. The average molecular weight is 227 g/mol. The van der Waals surface area contributed by atoms with Gasteiger partial charge in [0.05, 0.1) is 12.2 Å². The molecule has 96 valence electrons. The maximum atomic E-state index is 5.72. The molecule has 1 aliphatic rings. The zero-order chi connectivity index (χ0) is 12.0. The Labute approximate surface area is 101 Å². The molecule has 0 N–H and O–H groups in total. The van der Waals surface area contributed by atoms with Gasteiger partial charge in [-0.25, -0.2) is 0 Å². The Bertz CT molecular complexity index is 191. The molecule has 0 saturated carbocycles. The van der Waals surface area contributed by atoms with Gasteiger partial charge in [0.2, 0.25) is 0 Å². The van der Waals surface area contributed by atoms with Crippen LogP contribution in [0.1, 0.15) is 53.4 Å². The summed E-state index contributed by atoms with van der Waals surface area (Å²) in [6.45, 7) is 13.4. The number of ether oxygens (including phenoxy) is 1. The van der Waals surface area contributed by atoms with Crippen molar-refractivity contribution in [2.24, 2.45) is 5.92 Å². The minimum Gasteiger partial charge on any atom is -0.373 e. The van der Waals surface area contributed by atoms with E-state index in [-0.39, 0.29) is 5.60 Å². The van der Waals surface area contributed by atoms with Crippen LogP contribution in [0.2, 0.25) is 0 Å². The average Bonchev–Trinajstić information content (AvgIpc) is 2.16. The van der Waals surface area contributed by atoms with E-state index in [1.165, 1.54) is 32.2 Å². The Hall–Kier alpha value is -0.0800. The molecule has 2 nitrogen and oxygen atoms in total. The van der Waals surface area contributed by atoms with E-state index < -0.39 is 0 Å². The van der Waals surface area contributed by atoms with Gasteiger partial charge in [-0.1, -0.05) is 26.7 Å². The summed E-state index contributed by atoms with van der Waals surface area (Å²) in [5, 5.41) is 0. The van der Waals surface area contributed by atoms with Crippen molar-refractivity contribution in [3.8, 4) is 0 Å². The van der Waals surface area contributed by atoms with E-state index in [1.54, 1.807) is 0 Å². The highest BCUT2D eigenvalue weighted by molar-refractivity contribution is 4.78. The molecule has 2 heteroatoms. The van der Waals surface area contributed by atoms with E-state index in [9.17, 15) is 0 Å². The van der Waals surface area contributed by atoms with Crippen LogP contribution in [0, 0.1) is 5.92 Å². The summed E-state index contributed by atoms with van der Waals surface area (Å²) in [4.78, 5) is 2.56. The molecular weight excluding hydrogens is 198 g/mol. The van der Waals surface area contributed by atoms with Crippen LogP contribution in [0.5, 0.6) is 0 Å². The van der Waals surface area contributed by atoms with Gasteiger partial charge in [0.1, 0.15) is 0 Å². The maximum absolute atomic E-state index is 5.72. The van der Waals surface area contributed by atoms with Crippen LogP contribution in [-0.4, -0.2) is 36.7 Å². The lowest BCUT2D eigenvalue weighted by molar-refractivity contribution is -0.0862. The largest absolute Gasteiger partial charge is 0.373 e. The van der Waals surface area contributed by atoms with Crippen LogP contribution in [0.4, 0.5) is 0 Å². The predicted octanol–water partition coefficient (Wildman–Crippen LogP) is 3.31. The van der Waals surface area contributed by atoms with Gasteiger partial charge >= 0.3 is 0 Å². The molecule has 0 spiro atoms. The van der Waals surface area contributed by atoms with Crippen molar-refractivity contribution in [2.45, 2.75) is 59.0 Å². The number of hydrogen-bond acceptors (Lipinski definition) is 2. The van der Waals surface area contributed by atoms with Gasteiger partial charge in [0, 0.05) is 13.1 Å². The number of morpholine rings is 1. The summed E-state index contributed by atoms with van der Waals surface area (Å²) < 4.78 is 5.72. The predicted molar refractivity (Wildman–Crippen MR) is 69.8 cm³/mol. The lowest BCUT2D eigenvalue weighted by atomic mass is 10.00. The molecule has 1 atom stereocenters. The Morgan fingerprint density at radius 1 is 1.31 bits per heavy atom. The van der Waals surface area contributed by atoms with Gasteiger partial charge < -0.3 is 4.74 Å². The van der Waals surface area contributed by atoms with Crippen molar-refractivity contribution in [3.05, 3.63) is 0 Å². The van der Waals surface area contributed by atoms with Crippen LogP contribution < -0.4 is 0 Å². The van der Waals surface area contributed by atoms with Gasteiger partial charge in [-0.3, -0.25) is 4.90 Å². The van der Waals surface area contributed by atoms with E-state index >= 15 is 0 Å². The SMILES string of the molecule is CCCC(C)CCCN1CCOC(C)(C)C1. The van der Waals surface area contributed by atoms with Crippen molar-refractivity contribution >= 4 is 0 Å². The van der Waals surface area contributed by atoms with E-state index in [0.717, 1.165) is 25.6 Å². The first-order chi connectivity index (χ1) is 7.53. The van der Waals surface area contributed by atoms with Crippen LogP contribution in [0.25, 0.3) is 0 Å². The molecule has 0 radical (unpaired) electrons. The molecule has 1 unspecified atom stereocenters. The molecule has 1 fully saturated rings. The summed E-state index contributed by atoms with van der Waals surface area (Å²) in [6, 6.07) is 0. The normalized spacial score (nSPS) is 23.2. The second-order valence-electron chi connectivity index (χ2n) is 5.92. The number of rotatable bonds is 6. The van der Waals surface area contributed by atoms with Crippen LogP contribution in [-0.2, 0) is 4.74 Å².